The van der Waals surface area contributed by atoms with Crippen LogP contribution in [0.5, 0.6) is 0 Å². The Morgan fingerprint density at radius 1 is 0.800 bits per heavy atom. The monoisotopic (exact) mass is 754 g/mol. The molecule has 0 N–H and O–H groups in total. The van der Waals surface area contributed by atoms with Crippen LogP contribution in [-0.4, -0.2) is 40.6 Å². The quantitative estimate of drug-likeness (QED) is 0.143. The molecule has 4 aromatic rings. The summed E-state index contributed by atoms with van der Waals surface area (Å²) in [5.74, 6) is 1.85. The molecule has 4 nitrogen and oxygen atoms in total. The Balaban J connectivity index is 1.72. The van der Waals surface area contributed by atoms with E-state index in [4.69, 9.17) is 18.1 Å². The third-order valence-corrected chi connectivity index (χ3v) is 19.0. The Morgan fingerprint density at radius 2 is 1.38 bits per heavy atom. The van der Waals surface area contributed by atoms with Crippen LogP contribution in [0.2, 0.25) is 18.1 Å². The van der Waals surface area contributed by atoms with Crippen molar-refractivity contribution in [2.45, 2.75) is 117 Å². The number of hydrogen-bond donors (Lipinski definition) is 0. The molecule has 1 aliphatic heterocycles. The van der Waals surface area contributed by atoms with Crippen molar-refractivity contribution in [3.05, 3.63) is 124 Å². The van der Waals surface area contributed by atoms with Gasteiger partial charge in [-0.3, -0.25) is 0 Å². The molecular formula is C44H58N2O2SeSi. The number of nitrogens with zero attached hydrogens (tertiary/aromatic N) is 2. The first kappa shape index (κ1) is 38.1. The summed E-state index contributed by atoms with van der Waals surface area (Å²) in [4.78, 5) is 5.38. The van der Waals surface area contributed by atoms with Gasteiger partial charge in [-0.2, -0.15) is 0 Å². The maximum atomic E-state index is 6.96. The van der Waals surface area contributed by atoms with Gasteiger partial charge in [-0.1, -0.05) is 0 Å². The number of hydrogen-bond acceptors (Lipinski definition) is 4. The fraction of sp³-hybridized carbons (Fsp3) is 0.432. The van der Waals surface area contributed by atoms with Gasteiger partial charge in [0.1, 0.15) is 0 Å². The van der Waals surface area contributed by atoms with Crippen LogP contribution in [0.25, 0.3) is 0 Å². The summed E-state index contributed by atoms with van der Waals surface area (Å²) in [6.45, 7) is 28.1. The van der Waals surface area contributed by atoms with Crippen LogP contribution in [0.3, 0.4) is 0 Å². The minimum absolute atomic E-state index is 0.108. The average molecular weight is 754 g/mol. The Bertz CT molecular complexity index is 1810. The van der Waals surface area contributed by atoms with E-state index in [2.05, 4.69) is 173 Å². The summed E-state index contributed by atoms with van der Waals surface area (Å²) >= 11 is -2.07. The van der Waals surface area contributed by atoms with E-state index in [9.17, 15) is 0 Å². The Morgan fingerprint density at radius 3 is 1.94 bits per heavy atom. The maximum absolute atomic E-state index is 6.96. The van der Waals surface area contributed by atoms with Crippen molar-refractivity contribution in [1.29, 1.82) is 0 Å². The first-order valence-corrected chi connectivity index (χ1v) is 23.7. The first-order chi connectivity index (χ1) is 23.6. The molecule has 0 saturated heterocycles. The molecule has 1 unspecified atom stereocenters. The number of benzene rings is 4. The van der Waals surface area contributed by atoms with Gasteiger partial charge in [-0.25, -0.2) is 0 Å². The molecule has 0 amide bonds. The van der Waals surface area contributed by atoms with Gasteiger partial charge in [-0.15, -0.1) is 0 Å². The van der Waals surface area contributed by atoms with Crippen molar-refractivity contribution < 1.29 is 9.16 Å². The number of aliphatic imine (C=N–C) groups is 1. The molecule has 50 heavy (non-hydrogen) atoms. The summed E-state index contributed by atoms with van der Waals surface area (Å²) < 4.78 is 22.1. The fourth-order valence-electron chi connectivity index (χ4n) is 5.99. The van der Waals surface area contributed by atoms with Gasteiger partial charge in [0.05, 0.1) is 0 Å². The molecule has 0 saturated carbocycles. The average Bonchev–Trinajstić information content (AvgIpc) is 3.50. The predicted octanol–water partition coefficient (Wildman–Crippen LogP) is 11.0. The minimum atomic E-state index is -2.07. The van der Waals surface area contributed by atoms with Gasteiger partial charge in [0.25, 0.3) is 0 Å². The third kappa shape index (κ3) is 8.48. The van der Waals surface area contributed by atoms with Crippen molar-refractivity contribution in [2.24, 2.45) is 8.95 Å². The van der Waals surface area contributed by atoms with E-state index < -0.39 is 22.0 Å². The standard InChI is InChI=1S/C44H58N2O2SeSi/c1-29(2)34-26-37(30(3)4)42(38(27-34)31(5)6)49(46-35-24-22-32(7)23-25-35)40-21-17-16-20-36(40)43-45-39(28-47-50(11,12)44(8,9)10)41(48-43)33-18-14-13-15-19-33/h13-27,29-31,39,41H,28H2,1-12H3/t39-,41-,49?/m0/s1. The van der Waals surface area contributed by atoms with Gasteiger partial charge < -0.3 is 0 Å². The molecule has 0 aromatic heterocycles. The molecular weight excluding hydrogens is 696 g/mol. The van der Waals surface area contributed by atoms with Gasteiger partial charge in [0.15, 0.2) is 0 Å². The van der Waals surface area contributed by atoms with Crippen molar-refractivity contribution in [1.82, 2.24) is 0 Å². The van der Waals surface area contributed by atoms with E-state index in [1.165, 1.54) is 31.2 Å². The summed E-state index contributed by atoms with van der Waals surface area (Å²) in [6, 6.07) is 32.7. The van der Waals surface area contributed by atoms with Crippen molar-refractivity contribution >= 4 is 42.5 Å². The molecule has 266 valence electrons. The van der Waals surface area contributed by atoms with Crippen LogP contribution in [0.1, 0.15) is 120 Å². The fourth-order valence-corrected chi connectivity index (χ4v) is 11.9. The topological polar surface area (TPSA) is 43.2 Å². The summed E-state index contributed by atoms with van der Waals surface area (Å²) in [7, 11) is -2.01. The Kier molecular flexibility index (Phi) is 11.9. The van der Waals surface area contributed by atoms with E-state index in [1.54, 1.807) is 0 Å². The predicted molar refractivity (Wildman–Crippen MR) is 217 cm³/mol. The second kappa shape index (κ2) is 15.6. The van der Waals surface area contributed by atoms with Crippen LogP contribution in [0, 0.1) is 6.92 Å². The number of aryl methyl sites for hydroxylation is 1. The molecule has 0 bridgehead atoms. The molecule has 5 rings (SSSR count). The van der Waals surface area contributed by atoms with Crippen LogP contribution in [-0.2, 0) is 9.16 Å². The molecule has 0 fully saturated rings. The SMILES string of the molecule is Cc1ccc(N=[Se](c2ccccc2C2=N[C@@H](CO[Si](C)(C)C(C)(C)C)[C@H](c3ccccc3)O2)c2c(C(C)C)cc(C(C)C)cc2C(C)C)cc1. The Labute approximate surface area is 307 Å². The summed E-state index contributed by atoms with van der Waals surface area (Å²) in [6.07, 6.45) is -0.223. The molecule has 0 aliphatic carbocycles. The van der Waals surface area contributed by atoms with Crippen LogP contribution in [0.4, 0.5) is 5.69 Å². The number of ether oxygens (including phenoxy) is 1. The zero-order valence-electron chi connectivity index (χ0n) is 32.4. The number of rotatable bonds is 11. The van der Waals surface area contributed by atoms with Crippen molar-refractivity contribution in [2.75, 3.05) is 6.61 Å². The molecule has 1 aliphatic rings. The zero-order chi connectivity index (χ0) is 36.4. The van der Waals surface area contributed by atoms with Gasteiger partial charge in [-0.05, 0) is 0 Å². The third-order valence-electron chi connectivity index (χ3n) is 10.2. The van der Waals surface area contributed by atoms with E-state index >= 15 is 0 Å². The van der Waals surface area contributed by atoms with Crippen LogP contribution >= 0.6 is 0 Å². The van der Waals surface area contributed by atoms with Gasteiger partial charge >= 0.3 is 309 Å². The summed E-state index contributed by atoms with van der Waals surface area (Å²) in [5, 5.41) is 0.108. The van der Waals surface area contributed by atoms with Gasteiger partial charge in [0.2, 0.25) is 0 Å². The second-order valence-corrected chi connectivity index (χ2v) is 24.4. The van der Waals surface area contributed by atoms with Crippen molar-refractivity contribution in [3.8, 4) is 0 Å². The van der Waals surface area contributed by atoms with E-state index in [-0.39, 0.29) is 17.2 Å². The Hall–Kier alpha value is -3.15. The molecule has 0 radical (unpaired) electrons. The molecule has 1 heterocycles. The molecule has 4 aromatic carbocycles. The molecule has 0 spiro atoms. The summed E-state index contributed by atoms with van der Waals surface area (Å²) in [5.41, 5.74) is 8.64. The van der Waals surface area contributed by atoms with Gasteiger partial charge in [0, 0.05) is 0 Å². The zero-order valence-corrected chi connectivity index (χ0v) is 35.1. The van der Waals surface area contributed by atoms with Crippen LogP contribution in [0.15, 0.2) is 100.0 Å². The normalized spacial score (nSPS) is 17.5. The van der Waals surface area contributed by atoms with E-state index in [0.717, 1.165) is 16.8 Å². The van der Waals surface area contributed by atoms with Crippen LogP contribution < -0.4 is 8.92 Å². The van der Waals surface area contributed by atoms with Crippen molar-refractivity contribution in [3.63, 3.8) is 0 Å². The molecule has 3 atom stereocenters. The van der Waals surface area contributed by atoms with E-state index in [1.807, 2.05) is 0 Å². The molecule has 6 heteroatoms. The first-order valence-electron chi connectivity index (χ1n) is 18.3. The second-order valence-electron chi connectivity index (χ2n) is 16.2. The van der Waals surface area contributed by atoms with E-state index in [0.29, 0.717) is 30.3 Å².